The molecule has 237 valence electrons. The number of rotatable bonds is 26. The summed E-state index contributed by atoms with van der Waals surface area (Å²) in [5, 5.41) is 0. The van der Waals surface area contributed by atoms with Crippen molar-refractivity contribution < 1.29 is 0 Å². The van der Waals surface area contributed by atoms with Crippen molar-refractivity contribution in [1.82, 2.24) is 0 Å². The van der Waals surface area contributed by atoms with Crippen LogP contribution in [0, 0.1) is 0 Å². The fraction of sp³-hybridized carbons (Fsp3) is 0.700. The summed E-state index contributed by atoms with van der Waals surface area (Å²) in [6.07, 6.45) is 30.5. The SMILES string of the molecule is CCCCCCCCCCCCc1cccc([C](C)(C)[Sn]([Cl])[CH2]c2ccccc2)c1CCCCCCCCCCCC. The molecule has 2 heteroatoms. The van der Waals surface area contributed by atoms with Crippen LogP contribution in [0.25, 0.3) is 0 Å². The van der Waals surface area contributed by atoms with Crippen molar-refractivity contribution in [2.45, 2.75) is 177 Å². The average Bonchev–Trinajstić information content (AvgIpc) is 2.99. The van der Waals surface area contributed by atoms with E-state index in [-0.39, 0.29) is 3.43 Å². The summed E-state index contributed by atoms with van der Waals surface area (Å²) in [6.45, 7) is 9.56. The monoisotopic (exact) mass is 701 g/mol. The number of aryl methyl sites for hydroxylation is 1. The van der Waals surface area contributed by atoms with E-state index >= 15 is 0 Å². The zero-order valence-electron chi connectivity index (χ0n) is 28.3. The predicted molar refractivity (Wildman–Crippen MR) is 192 cm³/mol. The van der Waals surface area contributed by atoms with Crippen LogP contribution in [0.1, 0.15) is 178 Å². The van der Waals surface area contributed by atoms with Crippen molar-refractivity contribution in [3.8, 4) is 0 Å². The van der Waals surface area contributed by atoms with Crippen LogP contribution < -0.4 is 0 Å². The summed E-state index contributed by atoms with van der Waals surface area (Å²) in [6, 6.07) is 18.2. The summed E-state index contributed by atoms with van der Waals surface area (Å²) in [4.78, 5) is 0. The molecule has 0 saturated carbocycles. The fourth-order valence-electron chi connectivity index (χ4n) is 6.48. The first kappa shape index (κ1) is 37.7. The molecule has 0 saturated heterocycles. The summed E-state index contributed by atoms with van der Waals surface area (Å²) < 4.78 is 1.24. The topological polar surface area (TPSA) is 0 Å². The van der Waals surface area contributed by atoms with Gasteiger partial charge in [-0.25, -0.2) is 0 Å². The maximum absolute atomic E-state index is 7.44. The van der Waals surface area contributed by atoms with Crippen LogP contribution in [0.4, 0.5) is 0 Å². The van der Waals surface area contributed by atoms with E-state index in [0.717, 1.165) is 4.44 Å². The third kappa shape index (κ3) is 15.5. The van der Waals surface area contributed by atoms with Gasteiger partial charge in [-0.2, -0.15) is 0 Å². The van der Waals surface area contributed by atoms with Crippen LogP contribution >= 0.6 is 8.92 Å². The minimum Gasteiger partial charge on any atom is -0.0654 e. The Morgan fingerprint density at radius 3 is 1.48 bits per heavy atom. The molecule has 0 unspecified atom stereocenters. The third-order valence-electron chi connectivity index (χ3n) is 9.41. The Bertz CT molecular complexity index is 905. The molecular weight excluding hydrogens is 635 g/mol. The van der Waals surface area contributed by atoms with Crippen molar-refractivity contribution in [1.29, 1.82) is 0 Å². The Labute approximate surface area is 273 Å². The molecule has 1 radical (unpaired) electrons. The molecule has 2 aromatic carbocycles. The smallest absolute Gasteiger partial charge is 0.0654 e. The van der Waals surface area contributed by atoms with Crippen molar-refractivity contribution in [3.05, 3.63) is 70.8 Å². The molecule has 0 aliphatic rings. The van der Waals surface area contributed by atoms with Crippen LogP contribution in [0.2, 0.25) is 0 Å². The second kappa shape index (κ2) is 23.9. The van der Waals surface area contributed by atoms with Gasteiger partial charge >= 0.3 is 229 Å². The molecular formula is C40H66ClSn. The van der Waals surface area contributed by atoms with Crippen LogP contribution in [0.5, 0.6) is 0 Å². The second-order valence-electron chi connectivity index (χ2n) is 13.5. The Hall–Kier alpha value is -0.471. The van der Waals surface area contributed by atoms with Crippen LogP contribution in [0.3, 0.4) is 0 Å². The fourth-order valence-corrected chi connectivity index (χ4v) is 12.7. The molecule has 0 fully saturated rings. The first-order chi connectivity index (χ1) is 20.5. The number of benzene rings is 2. The van der Waals surface area contributed by atoms with Gasteiger partial charge in [-0.05, 0) is 0 Å². The maximum atomic E-state index is 7.44. The van der Waals surface area contributed by atoms with E-state index in [2.05, 4.69) is 76.2 Å². The summed E-state index contributed by atoms with van der Waals surface area (Å²) in [5.41, 5.74) is 6.31. The van der Waals surface area contributed by atoms with Crippen molar-refractivity contribution in [2.24, 2.45) is 0 Å². The Morgan fingerprint density at radius 1 is 0.524 bits per heavy atom. The molecule has 2 aromatic rings. The summed E-state index contributed by atoms with van der Waals surface area (Å²) in [7, 11) is 7.44. The van der Waals surface area contributed by atoms with Crippen molar-refractivity contribution in [3.63, 3.8) is 0 Å². The van der Waals surface area contributed by atoms with Gasteiger partial charge in [0.25, 0.3) is 0 Å². The molecule has 0 heterocycles. The predicted octanol–water partition coefficient (Wildman–Crippen LogP) is 13.4. The minimum absolute atomic E-state index is 0.126. The van der Waals surface area contributed by atoms with Crippen molar-refractivity contribution >= 4 is 27.6 Å². The van der Waals surface area contributed by atoms with Gasteiger partial charge in [0.05, 0.1) is 0 Å². The third-order valence-corrected chi connectivity index (χ3v) is 20.2. The van der Waals surface area contributed by atoms with Gasteiger partial charge in [-0.1, -0.05) is 46.0 Å². The normalized spacial score (nSPS) is 12.0. The summed E-state index contributed by atoms with van der Waals surface area (Å²) >= 11 is -2.25. The zero-order valence-corrected chi connectivity index (χ0v) is 31.9. The molecule has 0 aromatic heterocycles. The second-order valence-corrected chi connectivity index (χ2v) is 23.4. The molecule has 0 bridgehead atoms. The molecule has 0 atom stereocenters. The van der Waals surface area contributed by atoms with Crippen molar-refractivity contribution in [2.75, 3.05) is 0 Å². The van der Waals surface area contributed by atoms with Crippen LogP contribution in [-0.2, 0) is 20.7 Å². The first-order valence-corrected chi connectivity index (χ1v) is 25.2. The molecule has 0 N–H and O–H groups in total. The zero-order chi connectivity index (χ0) is 30.3. The van der Waals surface area contributed by atoms with Gasteiger partial charge < -0.3 is 0 Å². The standard InChI is InChI=1S/C33H59.C7H7.ClH.Sn/c1-5-7-9-11-13-15-17-19-21-23-26-31-27-25-29-32(30(3)4)33(31)28-24-22-20-18-16-14-12-10-8-6-2;1-7-5-3-2-4-6-7;;/h25,27,29H,5-24,26,28H2,1-4H3;2-6H,1H2;1H;/q;;;+1/p-1. The van der Waals surface area contributed by atoms with E-state index in [4.69, 9.17) is 8.92 Å². The number of unbranched alkanes of at least 4 members (excludes halogenated alkanes) is 18. The van der Waals surface area contributed by atoms with Gasteiger partial charge in [0.15, 0.2) is 0 Å². The van der Waals surface area contributed by atoms with E-state index in [0.29, 0.717) is 0 Å². The van der Waals surface area contributed by atoms with Gasteiger partial charge in [-0.3, -0.25) is 0 Å². The van der Waals surface area contributed by atoms with Gasteiger partial charge in [0.2, 0.25) is 0 Å². The molecule has 0 nitrogen and oxygen atoms in total. The van der Waals surface area contributed by atoms with Gasteiger partial charge in [0, 0.05) is 0 Å². The number of hydrogen-bond acceptors (Lipinski definition) is 0. The Balaban J connectivity index is 1.95. The Morgan fingerprint density at radius 2 is 0.976 bits per heavy atom. The van der Waals surface area contributed by atoms with Gasteiger partial charge in [-0.15, -0.1) is 0 Å². The number of halogens is 1. The van der Waals surface area contributed by atoms with Crippen LogP contribution in [0.15, 0.2) is 48.5 Å². The first-order valence-electron chi connectivity index (χ1n) is 18.2. The van der Waals surface area contributed by atoms with E-state index in [1.807, 2.05) is 0 Å². The van der Waals surface area contributed by atoms with E-state index < -0.39 is 18.6 Å². The van der Waals surface area contributed by atoms with E-state index in [1.165, 1.54) is 147 Å². The molecule has 42 heavy (non-hydrogen) atoms. The van der Waals surface area contributed by atoms with E-state index in [9.17, 15) is 0 Å². The molecule has 0 aliphatic heterocycles. The Kier molecular flexibility index (Phi) is 21.4. The minimum atomic E-state index is -2.25. The molecule has 2 rings (SSSR count). The number of hydrogen-bond donors (Lipinski definition) is 0. The quantitative estimate of drug-likeness (QED) is 0.0677. The van der Waals surface area contributed by atoms with E-state index in [1.54, 1.807) is 16.7 Å². The van der Waals surface area contributed by atoms with Gasteiger partial charge in [0.1, 0.15) is 0 Å². The summed E-state index contributed by atoms with van der Waals surface area (Å²) in [5.74, 6) is 0. The molecule has 0 aliphatic carbocycles. The average molecular weight is 701 g/mol. The molecule has 0 amide bonds. The molecule has 0 spiro atoms. The van der Waals surface area contributed by atoms with Crippen LogP contribution in [-0.4, -0.2) is 18.6 Å².